The molecule has 0 spiro atoms. The third-order valence-electron chi connectivity index (χ3n) is 4.48. The molecule has 3 heterocycles. The summed E-state index contributed by atoms with van der Waals surface area (Å²) in [5.74, 6) is 0.515. The van der Waals surface area contributed by atoms with E-state index in [1.54, 1.807) is 19.1 Å². The van der Waals surface area contributed by atoms with Crippen molar-refractivity contribution in [2.24, 2.45) is 5.73 Å². The van der Waals surface area contributed by atoms with Gasteiger partial charge in [0.25, 0.3) is 0 Å². The smallest absolute Gasteiger partial charge is 0.339 e. The van der Waals surface area contributed by atoms with Gasteiger partial charge in [0.15, 0.2) is 0 Å². The Morgan fingerprint density at radius 1 is 1.11 bits per heavy atom. The second-order valence-electron chi connectivity index (χ2n) is 6.35. The molecular formula is C19H22ClN5O3. The Kier molecular flexibility index (Phi) is 6.30. The number of esters is 1. The van der Waals surface area contributed by atoms with Gasteiger partial charge in [-0.1, -0.05) is 11.6 Å². The lowest BCUT2D eigenvalue weighted by Gasteiger charge is -2.24. The minimum atomic E-state index is -0.555. The topological polar surface area (TPSA) is 102 Å². The van der Waals surface area contributed by atoms with Crippen molar-refractivity contribution >= 4 is 35.1 Å². The van der Waals surface area contributed by atoms with Crippen LogP contribution in [-0.2, 0) is 4.74 Å². The summed E-state index contributed by atoms with van der Waals surface area (Å²) in [4.78, 5) is 36.0. The third kappa shape index (κ3) is 4.51. The summed E-state index contributed by atoms with van der Waals surface area (Å²) in [6, 6.07) is 5.10. The van der Waals surface area contributed by atoms with Gasteiger partial charge in [-0.2, -0.15) is 0 Å². The molecule has 2 N–H and O–H groups in total. The molecule has 0 aliphatic carbocycles. The highest BCUT2D eigenvalue weighted by atomic mass is 35.5. The second kappa shape index (κ2) is 8.88. The molecule has 148 valence electrons. The summed E-state index contributed by atoms with van der Waals surface area (Å²) in [5.41, 5.74) is 6.00. The van der Waals surface area contributed by atoms with E-state index in [2.05, 4.69) is 19.8 Å². The zero-order valence-corrected chi connectivity index (χ0v) is 16.4. The summed E-state index contributed by atoms with van der Waals surface area (Å²) >= 11 is 6.30. The van der Waals surface area contributed by atoms with E-state index in [4.69, 9.17) is 22.1 Å². The zero-order chi connectivity index (χ0) is 20.1. The van der Waals surface area contributed by atoms with Crippen molar-refractivity contribution in [3.05, 3.63) is 46.7 Å². The highest BCUT2D eigenvalue weighted by Crippen LogP contribution is 2.26. The zero-order valence-electron chi connectivity index (χ0n) is 15.6. The molecule has 1 aliphatic heterocycles. The monoisotopic (exact) mass is 403 g/mol. The van der Waals surface area contributed by atoms with Crippen LogP contribution in [0.15, 0.2) is 30.6 Å². The maximum atomic E-state index is 11.8. The average Bonchev–Trinajstić information content (AvgIpc) is 2.94. The van der Waals surface area contributed by atoms with Crippen molar-refractivity contribution in [3.63, 3.8) is 0 Å². The SMILES string of the molecule is CCOC(=O)c1ccc(N2CCCN(c3ncc(C(N)=O)cc3Cl)CC2)nc1. The molecule has 1 aliphatic rings. The summed E-state index contributed by atoms with van der Waals surface area (Å²) in [7, 11) is 0. The maximum absolute atomic E-state index is 11.8. The van der Waals surface area contributed by atoms with E-state index in [9.17, 15) is 9.59 Å². The van der Waals surface area contributed by atoms with Crippen LogP contribution in [-0.4, -0.2) is 54.6 Å². The Labute approximate surface area is 168 Å². The van der Waals surface area contributed by atoms with Crippen molar-refractivity contribution in [2.45, 2.75) is 13.3 Å². The number of primary amides is 1. The van der Waals surface area contributed by atoms with Crippen LogP contribution in [0.5, 0.6) is 0 Å². The predicted octanol–water partition coefficient (Wildman–Crippen LogP) is 2.12. The molecular weight excluding hydrogens is 382 g/mol. The number of hydrogen-bond donors (Lipinski definition) is 1. The number of ether oxygens (including phenoxy) is 1. The van der Waals surface area contributed by atoms with Crippen molar-refractivity contribution in [1.82, 2.24) is 9.97 Å². The Morgan fingerprint density at radius 3 is 2.46 bits per heavy atom. The molecule has 0 bridgehead atoms. The van der Waals surface area contributed by atoms with Gasteiger partial charge in [0.1, 0.15) is 11.6 Å². The molecule has 9 heteroatoms. The number of carbonyl (C=O) groups excluding carboxylic acids is 2. The van der Waals surface area contributed by atoms with Crippen molar-refractivity contribution in [2.75, 3.05) is 42.6 Å². The van der Waals surface area contributed by atoms with Gasteiger partial charge in [0, 0.05) is 38.6 Å². The van der Waals surface area contributed by atoms with Crippen molar-refractivity contribution in [1.29, 1.82) is 0 Å². The second-order valence-corrected chi connectivity index (χ2v) is 6.75. The summed E-state index contributed by atoms with van der Waals surface area (Å²) in [6.45, 7) is 5.12. The lowest BCUT2D eigenvalue weighted by molar-refractivity contribution is 0.0525. The first-order chi connectivity index (χ1) is 13.5. The maximum Gasteiger partial charge on any atom is 0.339 e. The molecule has 0 aromatic carbocycles. The minimum absolute atomic E-state index is 0.288. The summed E-state index contributed by atoms with van der Waals surface area (Å²) in [5, 5.41) is 0.404. The molecule has 2 aromatic rings. The first-order valence-corrected chi connectivity index (χ1v) is 9.45. The lowest BCUT2D eigenvalue weighted by Crippen LogP contribution is -2.31. The number of hydrogen-bond acceptors (Lipinski definition) is 7. The largest absolute Gasteiger partial charge is 0.462 e. The number of amides is 1. The van der Waals surface area contributed by atoms with Crippen LogP contribution in [0.2, 0.25) is 5.02 Å². The van der Waals surface area contributed by atoms with Gasteiger partial charge < -0.3 is 20.3 Å². The fourth-order valence-electron chi connectivity index (χ4n) is 3.06. The van der Waals surface area contributed by atoms with E-state index in [0.717, 1.165) is 31.9 Å². The molecule has 8 nitrogen and oxygen atoms in total. The van der Waals surface area contributed by atoms with E-state index < -0.39 is 5.91 Å². The van der Waals surface area contributed by atoms with E-state index in [0.29, 0.717) is 29.6 Å². The molecule has 2 aromatic heterocycles. The van der Waals surface area contributed by atoms with E-state index in [-0.39, 0.29) is 11.5 Å². The fraction of sp³-hybridized carbons (Fsp3) is 0.368. The molecule has 1 saturated heterocycles. The number of aromatic nitrogens is 2. The quantitative estimate of drug-likeness (QED) is 0.763. The Balaban J connectivity index is 1.68. The molecule has 0 saturated carbocycles. The summed E-state index contributed by atoms with van der Waals surface area (Å²) < 4.78 is 4.98. The van der Waals surface area contributed by atoms with E-state index in [1.165, 1.54) is 12.4 Å². The Hall–Kier alpha value is -2.87. The van der Waals surface area contributed by atoms with Crippen LogP contribution < -0.4 is 15.5 Å². The first-order valence-electron chi connectivity index (χ1n) is 9.08. The average molecular weight is 404 g/mol. The number of nitrogens with zero attached hydrogens (tertiary/aromatic N) is 4. The molecule has 1 fully saturated rings. The number of pyridine rings is 2. The summed E-state index contributed by atoms with van der Waals surface area (Å²) in [6.07, 6.45) is 3.87. The number of rotatable bonds is 5. The van der Waals surface area contributed by atoms with Crippen molar-refractivity contribution < 1.29 is 14.3 Å². The molecule has 0 radical (unpaired) electrons. The van der Waals surface area contributed by atoms with Crippen LogP contribution in [0.4, 0.5) is 11.6 Å². The van der Waals surface area contributed by atoms with Gasteiger partial charge in [0.05, 0.1) is 22.8 Å². The molecule has 0 atom stereocenters. The Bertz CT molecular complexity index is 859. The highest BCUT2D eigenvalue weighted by molar-refractivity contribution is 6.33. The van der Waals surface area contributed by atoms with Gasteiger partial charge in [-0.15, -0.1) is 0 Å². The predicted molar refractivity (Wildman–Crippen MR) is 107 cm³/mol. The van der Waals surface area contributed by atoms with E-state index >= 15 is 0 Å². The van der Waals surface area contributed by atoms with Crippen LogP contribution in [0.25, 0.3) is 0 Å². The molecule has 28 heavy (non-hydrogen) atoms. The fourth-order valence-corrected chi connectivity index (χ4v) is 3.35. The van der Waals surface area contributed by atoms with Gasteiger partial charge in [0.2, 0.25) is 5.91 Å². The van der Waals surface area contributed by atoms with Crippen LogP contribution in [0.1, 0.15) is 34.1 Å². The lowest BCUT2D eigenvalue weighted by atomic mass is 10.2. The van der Waals surface area contributed by atoms with Crippen LogP contribution >= 0.6 is 11.6 Å². The van der Waals surface area contributed by atoms with Gasteiger partial charge in [-0.25, -0.2) is 14.8 Å². The van der Waals surface area contributed by atoms with Crippen LogP contribution in [0.3, 0.4) is 0 Å². The highest BCUT2D eigenvalue weighted by Gasteiger charge is 2.20. The van der Waals surface area contributed by atoms with E-state index in [1.807, 2.05) is 6.07 Å². The first kappa shape index (κ1) is 19.9. The molecule has 3 rings (SSSR count). The number of anilines is 2. The number of halogens is 1. The van der Waals surface area contributed by atoms with Gasteiger partial charge >= 0.3 is 5.97 Å². The van der Waals surface area contributed by atoms with Gasteiger partial charge in [-0.3, -0.25) is 4.79 Å². The number of nitrogens with two attached hydrogens (primary N) is 1. The molecule has 0 unspecified atom stereocenters. The third-order valence-corrected chi connectivity index (χ3v) is 4.76. The normalized spacial score (nSPS) is 14.5. The standard InChI is InChI=1S/C19H22ClN5O3/c1-2-28-19(27)13-4-5-16(22-11-13)24-6-3-7-25(9-8-24)18-15(20)10-14(12-23-18)17(21)26/h4-5,10-12H,2-3,6-9H2,1H3,(H2,21,26). The minimum Gasteiger partial charge on any atom is -0.462 e. The number of carbonyl (C=O) groups is 2. The molecule has 1 amide bonds. The Morgan fingerprint density at radius 2 is 1.82 bits per heavy atom. The van der Waals surface area contributed by atoms with Crippen LogP contribution in [0, 0.1) is 0 Å². The van der Waals surface area contributed by atoms with Gasteiger partial charge in [-0.05, 0) is 31.5 Å². The van der Waals surface area contributed by atoms with Crippen molar-refractivity contribution in [3.8, 4) is 0 Å².